The first-order valence-electron chi connectivity index (χ1n) is 11.4. The highest BCUT2D eigenvalue weighted by atomic mass is 16.4. The molecule has 0 N–H and O–H groups in total. The molecular formula is C30H22N2O4. The fraction of sp³-hybridized carbons (Fsp3) is 0.0667. The zero-order chi connectivity index (χ0) is 25.1. The second kappa shape index (κ2) is 9.80. The summed E-state index contributed by atoms with van der Waals surface area (Å²) in [5.74, 6) is -0.0995. The Bertz CT molecular complexity index is 1550. The molecule has 0 amide bonds. The van der Waals surface area contributed by atoms with E-state index >= 15 is 0 Å². The molecule has 176 valence electrons. The van der Waals surface area contributed by atoms with Crippen molar-refractivity contribution in [3.05, 3.63) is 131 Å². The lowest BCUT2D eigenvalue weighted by atomic mass is 10.1. The fourth-order valence-corrected chi connectivity index (χ4v) is 3.70. The summed E-state index contributed by atoms with van der Waals surface area (Å²) in [4.78, 5) is 32.8. The summed E-state index contributed by atoms with van der Waals surface area (Å²) in [7, 11) is 0. The summed E-state index contributed by atoms with van der Waals surface area (Å²) < 4.78 is 11.0. The highest BCUT2D eigenvalue weighted by Crippen LogP contribution is 2.20. The Labute approximate surface area is 207 Å². The highest BCUT2D eigenvalue weighted by molar-refractivity contribution is 6.07. The first-order chi connectivity index (χ1) is 17.5. The van der Waals surface area contributed by atoms with E-state index in [-0.39, 0.29) is 23.3 Å². The maximum atomic E-state index is 12.1. The van der Waals surface area contributed by atoms with Crippen LogP contribution in [0, 0.1) is 13.8 Å². The van der Waals surface area contributed by atoms with E-state index < -0.39 is 0 Å². The third-order valence-electron chi connectivity index (χ3n) is 5.55. The van der Waals surface area contributed by atoms with Crippen LogP contribution in [-0.4, -0.2) is 21.5 Å². The monoisotopic (exact) mass is 474 g/mol. The summed E-state index contributed by atoms with van der Waals surface area (Å²) in [5, 5.41) is 0. The van der Waals surface area contributed by atoms with Gasteiger partial charge < -0.3 is 8.83 Å². The average Bonchev–Trinajstić information content (AvgIpc) is 3.53. The largest absolute Gasteiger partial charge is 0.433 e. The lowest BCUT2D eigenvalue weighted by Crippen LogP contribution is -2.00. The Morgan fingerprint density at radius 1 is 0.556 bits per heavy atom. The van der Waals surface area contributed by atoms with Crippen molar-refractivity contribution in [3.63, 3.8) is 0 Å². The zero-order valence-corrected chi connectivity index (χ0v) is 19.8. The molecule has 0 atom stereocenters. The van der Waals surface area contributed by atoms with Gasteiger partial charge in [-0.1, -0.05) is 72.8 Å². The molecule has 0 aliphatic rings. The molecule has 0 spiro atoms. The van der Waals surface area contributed by atoms with Gasteiger partial charge in [-0.05, 0) is 49.2 Å². The Morgan fingerprint density at radius 2 is 0.944 bits per heavy atom. The van der Waals surface area contributed by atoms with Crippen LogP contribution >= 0.6 is 0 Å². The van der Waals surface area contributed by atoms with Gasteiger partial charge in [0.05, 0.1) is 0 Å². The minimum absolute atomic E-state index is 0.141. The predicted octanol–water partition coefficient (Wildman–Crippen LogP) is 6.73. The van der Waals surface area contributed by atoms with Gasteiger partial charge in [0.2, 0.25) is 11.6 Å². The van der Waals surface area contributed by atoms with Crippen LogP contribution in [0.2, 0.25) is 0 Å². The van der Waals surface area contributed by atoms with Crippen molar-refractivity contribution in [2.24, 2.45) is 0 Å². The summed E-state index contributed by atoms with van der Waals surface area (Å²) in [6.07, 6.45) is 0. The van der Waals surface area contributed by atoms with Crippen LogP contribution in [0.25, 0.3) is 22.2 Å². The normalized spacial score (nSPS) is 10.7. The minimum atomic E-state index is -0.190. The molecule has 0 aliphatic heterocycles. The molecule has 0 saturated heterocycles. The van der Waals surface area contributed by atoms with Crippen LogP contribution in [0.15, 0.2) is 106 Å². The number of carbonyl (C=O) groups excluding carboxylic acids is 2. The van der Waals surface area contributed by atoms with Crippen LogP contribution < -0.4 is 0 Å². The Balaban J connectivity index is 0.000000148. The van der Waals surface area contributed by atoms with Crippen molar-refractivity contribution >= 4 is 33.8 Å². The molecule has 0 radical (unpaired) electrons. The topological polar surface area (TPSA) is 86.2 Å². The molecule has 6 aromatic rings. The van der Waals surface area contributed by atoms with Gasteiger partial charge in [0, 0.05) is 11.1 Å². The number of oxazole rings is 2. The Hall–Kier alpha value is -4.84. The van der Waals surface area contributed by atoms with E-state index in [0.29, 0.717) is 33.3 Å². The van der Waals surface area contributed by atoms with Gasteiger partial charge in [-0.2, -0.15) is 0 Å². The first-order valence-corrected chi connectivity index (χ1v) is 11.4. The summed E-state index contributed by atoms with van der Waals surface area (Å²) in [6.45, 7) is 3.96. The molecule has 0 bridgehead atoms. The van der Waals surface area contributed by atoms with E-state index in [9.17, 15) is 9.59 Å². The van der Waals surface area contributed by atoms with E-state index in [4.69, 9.17) is 8.83 Å². The van der Waals surface area contributed by atoms with Gasteiger partial charge in [-0.15, -0.1) is 0 Å². The average molecular weight is 475 g/mol. The molecule has 0 fully saturated rings. The van der Waals surface area contributed by atoms with Crippen molar-refractivity contribution < 1.29 is 18.4 Å². The third kappa shape index (κ3) is 4.83. The second-order valence-corrected chi connectivity index (χ2v) is 8.37. The number of ketones is 2. The van der Waals surface area contributed by atoms with E-state index in [1.165, 1.54) is 0 Å². The quantitative estimate of drug-likeness (QED) is 0.263. The lowest BCUT2D eigenvalue weighted by Gasteiger charge is -1.94. The molecule has 0 unspecified atom stereocenters. The Kier molecular flexibility index (Phi) is 6.24. The van der Waals surface area contributed by atoms with Crippen molar-refractivity contribution in [2.75, 3.05) is 0 Å². The fourth-order valence-electron chi connectivity index (χ4n) is 3.70. The van der Waals surface area contributed by atoms with E-state index in [1.807, 2.05) is 86.6 Å². The van der Waals surface area contributed by atoms with Crippen molar-refractivity contribution in [3.8, 4) is 0 Å². The number of rotatable bonds is 4. The minimum Gasteiger partial charge on any atom is -0.433 e. The van der Waals surface area contributed by atoms with Crippen LogP contribution in [0.4, 0.5) is 0 Å². The number of nitrogens with zero attached hydrogens (tertiary/aromatic N) is 2. The van der Waals surface area contributed by atoms with Crippen molar-refractivity contribution in [1.82, 2.24) is 9.97 Å². The van der Waals surface area contributed by atoms with Gasteiger partial charge in [0.1, 0.15) is 11.0 Å². The summed E-state index contributed by atoms with van der Waals surface area (Å²) in [5.41, 5.74) is 6.06. The van der Waals surface area contributed by atoms with Crippen LogP contribution in [0.1, 0.15) is 43.6 Å². The molecule has 36 heavy (non-hydrogen) atoms. The molecule has 4 aromatic carbocycles. The van der Waals surface area contributed by atoms with Gasteiger partial charge in [0.25, 0.3) is 11.8 Å². The Morgan fingerprint density at radius 3 is 1.33 bits per heavy atom. The number of hydrogen-bond donors (Lipinski definition) is 0. The molecule has 2 heterocycles. The zero-order valence-electron chi connectivity index (χ0n) is 19.8. The summed E-state index contributed by atoms with van der Waals surface area (Å²) in [6, 6.07) is 29.4. The maximum Gasteiger partial charge on any atom is 0.269 e. The predicted molar refractivity (Wildman–Crippen MR) is 137 cm³/mol. The molecular weight excluding hydrogens is 452 g/mol. The van der Waals surface area contributed by atoms with E-state index in [0.717, 1.165) is 11.1 Å². The smallest absolute Gasteiger partial charge is 0.269 e. The van der Waals surface area contributed by atoms with Gasteiger partial charge in [-0.3, -0.25) is 9.59 Å². The molecule has 6 nitrogen and oxygen atoms in total. The second-order valence-electron chi connectivity index (χ2n) is 8.37. The van der Waals surface area contributed by atoms with Gasteiger partial charge in [0.15, 0.2) is 11.2 Å². The number of hydrogen-bond acceptors (Lipinski definition) is 6. The van der Waals surface area contributed by atoms with Crippen LogP contribution in [0.3, 0.4) is 0 Å². The number of fused-ring (bicyclic) bond motifs is 2. The highest BCUT2D eigenvalue weighted by Gasteiger charge is 2.17. The molecule has 6 heteroatoms. The molecule has 2 aromatic heterocycles. The maximum absolute atomic E-state index is 12.1. The SMILES string of the molecule is Cc1ccc2oc(C(=O)c3ccccc3)nc2c1.Cc1ccc2oc(C(=O)c3ccccc3)nc2c1. The standard InChI is InChI=1S/2C15H11NO2/c2*1-10-7-8-13-12(9-10)16-15(18-13)14(17)11-5-3-2-4-6-11/h2*2-9H,1H3. The number of carbonyl (C=O) groups is 2. The lowest BCUT2D eigenvalue weighted by molar-refractivity contribution is 0.0998. The number of aryl methyl sites for hydroxylation is 2. The summed E-state index contributed by atoms with van der Waals surface area (Å²) >= 11 is 0. The molecule has 6 rings (SSSR count). The van der Waals surface area contributed by atoms with E-state index in [2.05, 4.69) is 9.97 Å². The number of benzene rings is 4. The third-order valence-corrected chi connectivity index (χ3v) is 5.55. The first kappa shape index (κ1) is 22.9. The van der Waals surface area contributed by atoms with Gasteiger partial charge in [-0.25, -0.2) is 9.97 Å². The van der Waals surface area contributed by atoms with Gasteiger partial charge >= 0.3 is 0 Å². The van der Waals surface area contributed by atoms with Crippen LogP contribution in [0.5, 0.6) is 0 Å². The molecule has 0 aliphatic carbocycles. The number of aromatic nitrogens is 2. The molecule has 0 saturated carbocycles. The van der Waals surface area contributed by atoms with Crippen molar-refractivity contribution in [1.29, 1.82) is 0 Å². The van der Waals surface area contributed by atoms with Crippen molar-refractivity contribution in [2.45, 2.75) is 13.8 Å². The van der Waals surface area contributed by atoms with Crippen LogP contribution in [-0.2, 0) is 0 Å². The van der Waals surface area contributed by atoms with E-state index in [1.54, 1.807) is 24.3 Å².